The third-order valence-corrected chi connectivity index (χ3v) is 5.59. The Labute approximate surface area is 175 Å². The molecule has 30 heavy (non-hydrogen) atoms. The third kappa shape index (κ3) is 3.96. The molecule has 0 saturated carbocycles. The van der Waals surface area contributed by atoms with Crippen LogP contribution in [0.1, 0.15) is 37.4 Å². The average molecular weight is 403 g/mol. The van der Waals surface area contributed by atoms with E-state index in [-0.39, 0.29) is 30.2 Å². The molecule has 154 valence electrons. The quantitative estimate of drug-likeness (QED) is 0.686. The zero-order valence-electron chi connectivity index (χ0n) is 17.2. The highest BCUT2D eigenvalue weighted by Crippen LogP contribution is 2.29. The molecule has 2 heterocycles. The standard InChI is InChI=1S/C23H25N5O2/c1-3-17-6-4-5-7-21(17)27-13-19(12-22(27)29)23(30)26-16(2)18-8-10-20(11-9-18)28-15-24-14-25-28/h4-11,14-16,19H,3,12-13H2,1-2H3,(H,26,30). The molecule has 0 spiro atoms. The smallest absolute Gasteiger partial charge is 0.227 e. The lowest BCUT2D eigenvalue weighted by Crippen LogP contribution is -2.34. The van der Waals surface area contributed by atoms with Gasteiger partial charge in [-0.05, 0) is 42.7 Å². The number of rotatable bonds is 6. The van der Waals surface area contributed by atoms with Crippen LogP contribution in [-0.4, -0.2) is 33.1 Å². The fourth-order valence-corrected chi connectivity index (χ4v) is 3.86. The number of nitrogens with zero attached hydrogens (tertiary/aromatic N) is 4. The van der Waals surface area contributed by atoms with Gasteiger partial charge in [0.05, 0.1) is 17.6 Å². The highest BCUT2D eigenvalue weighted by Gasteiger charge is 2.36. The second-order valence-corrected chi connectivity index (χ2v) is 7.55. The van der Waals surface area contributed by atoms with E-state index < -0.39 is 0 Å². The number of nitrogens with one attached hydrogen (secondary N) is 1. The van der Waals surface area contributed by atoms with Crippen molar-refractivity contribution in [3.05, 3.63) is 72.3 Å². The van der Waals surface area contributed by atoms with Gasteiger partial charge in [-0.15, -0.1) is 0 Å². The first-order valence-corrected chi connectivity index (χ1v) is 10.2. The summed E-state index contributed by atoms with van der Waals surface area (Å²) in [6.07, 6.45) is 4.21. The molecule has 0 radical (unpaired) electrons. The molecule has 4 rings (SSSR count). The van der Waals surface area contributed by atoms with Crippen LogP contribution in [0.4, 0.5) is 5.69 Å². The maximum absolute atomic E-state index is 12.8. The highest BCUT2D eigenvalue weighted by atomic mass is 16.2. The van der Waals surface area contributed by atoms with Crippen LogP contribution in [-0.2, 0) is 16.0 Å². The molecule has 2 unspecified atom stereocenters. The van der Waals surface area contributed by atoms with Gasteiger partial charge in [-0.2, -0.15) is 5.10 Å². The minimum absolute atomic E-state index is 0.000822. The van der Waals surface area contributed by atoms with Gasteiger partial charge in [0.1, 0.15) is 12.7 Å². The van der Waals surface area contributed by atoms with E-state index in [9.17, 15) is 9.59 Å². The Morgan fingerprint density at radius 3 is 2.67 bits per heavy atom. The van der Waals surface area contributed by atoms with Gasteiger partial charge in [0, 0.05) is 18.7 Å². The van der Waals surface area contributed by atoms with E-state index in [4.69, 9.17) is 0 Å². The minimum Gasteiger partial charge on any atom is -0.349 e. The molecule has 1 saturated heterocycles. The minimum atomic E-state index is -0.348. The topological polar surface area (TPSA) is 80.1 Å². The molecule has 1 aliphatic rings. The molecule has 1 fully saturated rings. The lowest BCUT2D eigenvalue weighted by atomic mass is 10.0. The van der Waals surface area contributed by atoms with Crippen LogP contribution >= 0.6 is 0 Å². The molecule has 7 nitrogen and oxygen atoms in total. The van der Waals surface area contributed by atoms with E-state index in [0.717, 1.165) is 28.9 Å². The number of aromatic nitrogens is 3. The van der Waals surface area contributed by atoms with Crippen molar-refractivity contribution in [1.29, 1.82) is 0 Å². The maximum Gasteiger partial charge on any atom is 0.227 e. The van der Waals surface area contributed by atoms with Crippen molar-refractivity contribution in [1.82, 2.24) is 20.1 Å². The summed E-state index contributed by atoms with van der Waals surface area (Å²) >= 11 is 0. The van der Waals surface area contributed by atoms with Gasteiger partial charge in [-0.25, -0.2) is 9.67 Å². The van der Waals surface area contributed by atoms with Crippen LogP contribution in [0.3, 0.4) is 0 Å². The van der Waals surface area contributed by atoms with Gasteiger partial charge in [0.15, 0.2) is 0 Å². The van der Waals surface area contributed by atoms with Crippen molar-refractivity contribution in [3.63, 3.8) is 0 Å². The van der Waals surface area contributed by atoms with Crippen molar-refractivity contribution >= 4 is 17.5 Å². The second-order valence-electron chi connectivity index (χ2n) is 7.55. The van der Waals surface area contributed by atoms with Crippen LogP contribution < -0.4 is 10.2 Å². The summed E-state index contributed by atoms with van der Waals surface area (Å²) in [7, 11) is 0. The number of para-hydroxylation sites is 1. The van der Waals surface area contributed by atoms with Crippen LogP contribution in [0.5, 0.6) is 0 Å². The lowest BCUT2D eigenvalue weighted by molar-refractivity contribution is -0.126. The molecule has 3 aromatic rings. The zero-order chi connectivity index (χ0) is 21.1. The van der Waals surface area contributed by atoms with E-state index >= 15 is 0 Å². The number of aryl methyl sites for hydroxylation is 1. The summed E-state index contributed by atoms with van der Waals surface area (Å²) < 4.78 is 1.68. The Kier molecular flexibility index (Phi) is 5.61. The third-order valence-electron chi connectivity index (χ3n) is 5.59. The molecule has 0 bridgehead atoms. The second kappa shape index (κ2) is 8.49. The summed E-state index contributed by atoms with van der Waals surface area (Å²) in [5.74, 6) is -0.437. The van der Waals surface area contributed by atoms with Crippen LogP contribution in [0.15, 0.2) is 61.2 Å². The van der Waals surface area contributed by atoms with Crippen LogP contribution in [0.2, 0.25) is 0 Å². The summed E-state index contributed by atoms with van der Waals surface area (Å²) in [6, 6.07) is 15.5. The molecule has 2 aromatic carbocycles. The number of benzene rings is 2. The van der Waals surface area contributed by atoms with E-state index in [1.165, 1.54) is 6.33 Å². The fourth-order valence-electron chi connectivity index (χ4n) is 3.86. The maximum atomic E-state index is 12.8. The van der Waals surface area contributed by atoms with Gasteiger partial charge in [0.2, 0.25) is 11.8 Å². The van der Waals surface area contributed by atoms with Gasteiger partial charge in [-0.1, -0.05) is 37.3 Å². The van der Waals surface area contributed by atoms with E-state index in [1.807, 2.05) is 55.5 Å². The molecule has 1 aromatic heterocycles. The summed E-state index contributed by atoms with van der Waals surface area (Å²) in [4.78, 5) is 31.1. The van der Waals surface area contributed by atoms with Crippen molar-refractivity contribution in [2.45, 2.75) is 32.7 Å². The predicted octanol–water partition coefficient (Wildman–Crippen LogP) is 3.06. The molecule has 0 aliphatic carbocycles. The molecular weight excluding hydrogens is 378 g/mol. The number of amides is 2. The Morgan fingerprint density at radius 2 is 1.97 bits per heavy atom. The van der Waals surface area contributed by atoms with Gasteiger partial charge < -0.3 is 10.2 Å². The van der Waals surface area contributed by atoms with E-state index in [1.54, 1.807) is 15.9 Å². The van der Waals surface area contributed by atoms with Crippen molar-refractivity contribution in [3.8, 4) is 5.69 Å². The SMILES string of the molecule is CCc1ccccc1N1CC(C(=O)NC(C)c2ccc(-n3cncn3)cc2)CC1=O. The summed E-state index contributed by atoms with van der Waals surface area (Å²) in [5.41, 5.74) is 3.93. The van der Waals surface area contributed by atoms with E-state index in [0.29, 0.717) is 6.54 Å². The zero-order valence-corrected chi connectivity index (χ0v) is 17.2. The summed E-state index contributed by atoms with van der Waals surface area (Å²) in [5, 5.41) is 7.17. The van der Waals surface area contributed by atoms with Crippen molar-refractivity contribution in [2.75, 3.05) is 11.4 Å². The van der Waals surface area contributed by atoms with Gasteiger partial charge >= 0.3 is 0 Å². The fraction of sp³-hybridized carbons (Fsp3) is 0.304. The van der Waals surface area contributed by atoms with Crippen molar-refractivity contribution in [2.24, 2.45) is 5.92 Å². The number of anilines is 1. The Bertz CT molecular complexity index is 1030. The molecule has 7 heteroatoms. The highest BCUT2D eigenvalue weighted by molar-refractivity contribution is 6.00. The lowest BCUT2D eigenvalue weighted by Gasteiger charge is -2.21. The largest absolute Gasteiger partial charge is 0.349 e. The molecule has 1 N–H and O–H groups in total. The van der Waals surface area contributed by atoms with Gasteiger partial charge in [-0.3, -0.25) is 9.59 Å². The van der Waals surface area contributed by atoms with Crippen LogP contribution in [0.25, 0.3) is 5.69 Å². The number of hydrogen-bond acceptors (Lipinski definition) is 4. The normalized spacial score (nSPS) is 17.2. The Hall–Kier alpha value is -3.48. The Balaban J connectivity index is 1.41. The molecule has 2 atom stereocenters. The predicted molar refractivity (Wildman–Crippen MR) is 114 cm³/mol. The first kappa shape index (κ1) is 19.8. The number of carbonyl (C=O) groups is 2. The molecule has 1 aliphatic heterocycles. The molecule has 2 amide bonds. The first-order chi connectivity index (χ1) is 14.6. The van der Waals surface area contributed by atoms with Crippen molar-refractivity contribution < 1.29 is 9.59 Å². The molecular formula is C23H25N5O2. The van der Waals surface area contributed by atoms with Crippen LogP contribution in [0, 0.1) is 5.92 Å². The van der Waals surface area contributed by atoms with Gasteiger partial charge in [0.25, 0.3) is 0 Å². The first-order valence-electron chi connectivity index (χ1n) is 10.2. The van der Waals surface area contributed by atoms with E-state index in [2.05, 4.69) is 22.3 Å². The summed E-state index contributed by atoms with van der Waals surface area (Å²) in [6.45, 7) is 4.43. The number of hydrogen-bond donors (Lipinski definition) is 1. The number of carbonyl (C=O) groups excluding carboxylic acids is 2. The average Bonchev–Trinajstić information content (AvgIpc) is 3.44. The Morgan fingerprint density at radius 1 is 1.20 bits per heavy atom. The monoisotopic (exact) mass is 403 g/mol.